The van der Waals surface area contributed by atoms with E-state index in [1.54, 1.807) is 44.2 Å². The Hall–Kier alpha value is -9.32. The number of carboxylic acid groups (broad SMARTS) is 2. The quantitative estimate of drug-likeness (QED) is 0.0563. The molecule has 0 aromatic heterocycles. The number of aliphatic hydroxyl groups is 1. The fourth-order valence-corrected chi connectivity index (χ4v) is 11.5. The highest BCUT2D eigenvalue weighted by molar-refractivity contribution is 7.81. The van der Waals surface area contributed by atoms with Crippen LogP contribution in [0.5, 0.6) is 11.5 Å². The van der Waals surface area contributed by atoms with Gasteiger partial charge >= 0.3 is 32.7 Å². The summed E-state index contributed by atoms with van der Waals surface area (Å²) in [6, 6.07) is 2.77. The van der Waals surface area contributed by atoms with E-state index in [0.29, 0.717) is 5.56 Å². The van der Waals surface area contributed by atoms with Gasteiger partial charge in [0.05, 0.1) is 12.6 Å². The molecule has 3 aliphatic rings. The van der Waals surface area contributed by atoms with Gasteiger partial charge in [0.2, 0.25) is 59.1 Å². The number of amides is 10. The lowest BCUT2D eigenvalue weighted by atomic mass is 9.96. The van der Waals surface area contributed by atoms with Gasteiger partial charge in [-0.05, 0) is 92.3 Å². The van der Waals surface area contributed by atoms with Crippen LogP contribution in [0.25, 0.3) is 0 Å². The first-order valence-electron chi connectivity index (χ1n) is 30.0. The SMILES string of the molecule is CC[C@H](C)[C@@H]1NC(=O)[C@H](CCC(=O)O)NC(=O)[C@H](Cc2ccccc2)NC(=O)[C@H]([C@@H](C)O)NC(=O)CNC(=O)[C@H](Cc2ccc(OS(=O)(=O)O)cc2)NC(=O)[C@H](CCC(=O)O)NC(=O)[C@H](Cc2ccc(OS(=O)(=O)O)cc2)NC(=O)[C@@H]2CCCN2C(=O)[C@H]2CCCN2C1=O. The zero-order chi connectivity index (χ0) is 69.2. The number of hydrogen-bond acceptors (Lipinski definition) is 19. The fraction of sp³-hybridized carbons (Fsp3) is 0.492. The summed E-state index contributed by atoms with van der Waals surface area (Å²) in [5.41, 5.74) is 0.778. The van der Waals surface area contributed by atoms with Gasteiger partial charge in [-0.3, -0.25) is 66.6 Å². The van der Waals surface area contributed by atoms with Gasteiger partial charge in [-0.15, -0.1) is 0 Å². The second-order valence-electron chi connectivity index (χ2n) is 22.8. The lowest BCUT2D eigenvalue weighted by Gasteiger charge is -2.35. The van der Waals surface area contributed by atoms with Crippen molar-refractivity contribution >= 4 is 91.8 Å². The Labute approximate surface area is 540 Å². The molecule has 3 aromatic rings. The summed E-state index contributed by atoms with van der Waals surface area (Å²) in [5.74, 6) is -14.6. The number of hydrogen-bond donors (Lipinski definition) is 13. The Morgan fingerprint density at radius 2 is 0.915 bits per heavy atom. The van der Waals surface area contributed by atoms with Gasteiger partial charge in [-0.25, -0.2) is 0 Å². The summed E-state index contributed by atoms with van der Waals surface area (Å²) in [7, 11) is -10.0. The van der Waals surface area contributed by atoms with Gasteiger partial charge in [0.1, 0.15) is 65.9 Å². The molecule has 512 valence electrons. The molecule has 6 rings (SSSR count). The summed E-state index contributed by atoms with van der Waals surface area (Å²) < 4.78 is 73.3. The number of fused-ring (bicyclic) bond motifs is 2. The number of aliphatic hydroxyl groups excluding tert-OH is 1. The van der Waals surface area contributed by atoms with Gasteiger partial charge in [0.25, 0.3) is 0 Å². The molecule has 3 aromatic carbocycles. The van der Waals surface area contributed by atoms with Crippen molar-refractivity contribution in [1.29, 1.82) is 0 Å². The maximum Gasteiger partial charge on any atom is 0.446 e. The average Bonchev–Trinajstić information content (AvgIpc) is 1.61. The van der Waals surface area contributed by atoms with Crippen molar-refractivity contribution < 1.29 is 107 Å². The van der Waals surface area contributed by atoms with E-state index >= 15 is 0 Å². The number of benzene rings is 3. The molecule has 35 heteroatoms. The molecule has 0 spiro atoms. The molecule has 3 aliphatic heterocycles. The van der Waals surface area contributed by atoms with Crippen LogP contribution in [0.4, 0.5) is 0 Å². The molecular weight excluding hydrogens is 1280 g/mol. The normalized spacial score (nSPS) is 24.5. The molecule has 10 amide bonds. The highest BCUT2D eigenvalue weighted by Crippen LogP contribution is 2.28. The van der Waals surface area contributed by atoms with Gasteiger partial charge in [-0.1, -0.05) is 74.9 Å². The Morgan fingerprint density at radius 1 is 0.511 bits per heavy atom. The van der Waals surface area contributed by atoms with E-state index in [0.717, 1.165) is 31.2 Å². The van der Waals surface area contributed by atoms with Crippen LogP contribution in [-0.4, -0.2) is 202 Å². The van der Waals surface area contributed by atoms with Crippen LogP contribution in [0.15, 0.2) is 78.9 Å². The van der Waals surface area contributed by atoms with Crippen LogP contribution < -0.4 is 50.9 Å². The summed E-state index contributed by atoms with van der Waals surface area (Å²) >= 11 is 0. The molecule has 0 radical (unpaired) electrons. The maximum atomic E-state index is 14.9. The maximum absolute atomic E-state index is 14.9. The largest absolute Gasteiger partial charge is 0.481 e. The molecule has 0 unspecified atom stereocenters. The Balaban J connectivity index is 1.43. The molecule has 0 saturated carbocycles. The van der Waals surface area contributed by atoms with Crippen LogP contribution in [0, 0.1) is 5.92 Å². The van der Waals surface area contributed by atoms with Gasteiger partial charge in [-0.2, -0.15) is 16.8 Å². The monoisotopic (exact) mass is 1360 g/mol. The lowest BCUT2D eigenvalue weighted by Crippen LogP contribution is -2.62. The zero-order valence-corrected chi connectivity index (χ0v) is 52.9. The van der Waals surface area contributed by atoms with E-state index in [1.807, 2.05) is 0 Å². The second kappa shape index (κ2) is 33.5. The molecule has 13 N–H and O–H groups in total. The lowest BCUT2D eigenvalue weighted by molar-refractivity contribution is -0.149. The van der Waals surface area contributed by atoms with Crippen LogP contribution in [0.2, 0.25) is 0 Å². The fourth-order valence-electron chi connectivity index (χ4n) is 10.8. The zero-order valence-electron chi connectivity index (χ0n) is 51.3. The third kappa shape index (κ3) is 22.2. The molecule has 0 aliphatic carbocycles. The van der Waals surface area contributed by atoms with Crippen molar-refractivity contribution in [1.82, 2.24) is 52.3 Å². The number of aliphatic carboxylic acids is 2. The number of nitrogens with zero attached hydrogens (tertiary/aromatic N) is 2. The number of carbonyl (C=O) groups excluding carboxylic acids is 10. The summed E-state index contributed by atoms with van der Waals surface area (Å²) in [6.07, 6.45) is -4.85. The molecule has 33 nitrogen and oxygen atoms in total. The van der Waals surface area contributed by atoms with Crippen molar-refractivity contribution in [3.05, 3.63) is 95.6 Å². The smallest absolute Gasteiger partial charge is 0.446 e. The van der Waals surface area contributed by atoms with Gasteiger partial charge < -0.3 is 76.0 Å². The molecular formula is C59H76N10O23S2. The molecule has 0 bridgehead atoms. The van der Waals surface area contributed by atoms with E-state index in [4.69, 9.17) is 0 Å². The van der Waals surface area contributed by atoms with Crippen LogP contribution in [0.3, 0.4) is 0 Å². The molecule has 11 atom stereocenters. The number of carboxylic acids is 2. The van der Waals surface area contributed by atoms with E-state index < -0.39 is 209 Å². The standard InChI is InChI=1S/C59H76N10O23S2/c1-4-32(2)49-59(84)69-27-9-13-45(69)58(83)68-26-8-12-44(68)56(81)64-42(30-36-16-20-38(21-17-36)92-94(88,89)90)54(79)61-39(22-24-47(72)73)52(77)63-41(29-35-14-18-37(19-15-35)91-93(85,86)87)51(76)60-31-46(71)66-50(33(3)70)57(82)65-43(28-34-10-6-5-7-11-34)55(80)62-40(53(78)67-49)23-25-48(74)75/h5-7,10-11,14-21,32-33,39-45,49-50,70H,4,8-9,12-13,22-31H2,1-3H3,(H,60,76)(H,61,79)(H,62,80)(H,63,77)(H,64,81)(H,65,82)(H,66,71)(H,67,78)(H,72,73)(H,74,75)(H,85,86,87)(H,88,89,90)/t32-,33+,39-,40-,41-,42-,43-,44-,45+,49-,50-/m0/s1. The van der Waals surface area contributed by atoms with E-state index in [2.05, 4.69) is 50.9 Å². The average molecular weight is 1360 g/mol. The Bertz CT molecular complexity index is 3510. The van der Waals surface area contributed by atoms with E-state index in [9.17, 15) is 98.8 Å². The minimum absolute atomic E-state index is 0.00273. The highest BCUT2D eigenvalue weighted by atomic mass is 32.3. The number of nitrogens with one attached hydrogen (secondary N) is 8. The third-order valence-electron chi connectivity index (χ3n) is 15.8. The van der Waals surface area contributed by atoms with Crippen LogP contribution >= 0.6 is 0 Å². The molecule has 3 saturated heterocycles. The predicted molar refractivity (Wildman–Crippen MR) is 326 cm³/mol. The second-order valence-corrected chi connectivity index (χ2v) is 24.9. The summed E-state index contributed by atoms with van der Waals surface area (Å²) in [4.78, 5) is 171. The summed E-state index contributed by atoms with van der Waals surface area (Å²) in [6.45, 7) is 3.41. The molecule has 3 heterocycles. The third-order valence-corrected chi connectivity index (χ3v) is 16.6. The predicted octanol–water partition coefficient (Wildman–Crippen LogP) is -2.26. The first kappa shape index (κ1) is 73.7. The van der Waals surface area contributed by atoms with Crippen molar-refractivity contribution in [3.63, 3.8) is 0 Å². The first-order chi connectivity index (χ1) is 44.3. The minimum atomic E-state index is -5.01. The van der Waals surface area contributed by atoms with Crippen LogP contribution in [0.1, 0.15) is 95.2 Å². The minimum Gasteiger partial charge on any atom is -0.481 e. The topological polar surface area (TPSA) is 495 Å². The van der Waals surface area contributed by atoms with Crippen molar-refractivity contribution in [2.24, 2.45) is 5.92 Å². The van der Waals surface area contributed by atoms with E-state index in [1.165, 1.54) is 34.1 Å². The number of rotatable bonds is 19. The Kier molecular flexibility index (Phi) is 26.3. The van der Waals surface area contributed by atoms with Gasteiger partial charge in [0.15, 0.2) is 0 Å². The Morgan fingerprint density at radius 3 is 1.37 bits per heavy atom. The van der Waals surface area contributed by atoms with Crippen molar-refractivity contribution in [2.45, 2.75) is 158 Å². The van der Waals surface area contributed by atoms with Crippen molar-refractivity contribution in [3.8, 4) is 11.5 Å². The summed E-state index contributed by atoms with van der Waals surface area (Å²) in [5, 5.41) is 50.1. The van der Waals surface area contributed by atoms with Crippen LogP contribution in [-0.2, 0) is 97.6 Å². The highest BCUT2D eigenvalue weighted by Gasteiger charge is 2.46. The van der Waals surface area contributed by atoms with Crippen molar-refractivity contribution in [2.75, 3.05) is 19.6 Å². The van der Waals surface area contributed by atoms with E-state index in [-0.39, 0.29) is 68.5 Å². The van der Waals surface area contributed by atoms with Gasteiger partial charge in [0, 0.05) is 45.2 Å². The molecule has 3 fully saturated rings. The first-order valence-corrected chi connectivity index (χ1v) is 32.7. The number of carbonyl (C=O) groups is 12. The molecule has 94 heavy (non-hydrogen) atoms.